The molecule has 2 aliphatic rings. The molecule has 3 rings (SSSR count). The second kappa shape index (κ2) is 3.83. The zero-order chi connectivity index (χ0) is 12.9. The molecule has 0 radical (unpaired) electrons. The minimum Gasteiger partial charge on any atom is -0.345 e. The Bertz CT molecular complexity index is 510. The second-order valence-corrected chi connectivity index (χ2v) is 5.14. The minimum atomic E-state index is -0.0279. The molecule has 2 saturated heterocycles. The standard InChI is InChI=1S/C12H16N4O2/c1-14-5-8-6-16(7-9(8)11(14)17)12(18)10-3-4-13-15(10)2/h3-4,8-9H,5-7H2,1-2H3/t8-,9+/m1/s1. The molecule has 6 heteroatoms. The van der Waals surface area contributed by atoms with E-state index in [2.05, 4.69) is 5.10 Å². The zero-order valence-electron chi connectivity index (χ0n) is 10.5. The van der Waals surface area contributed by atoms with E-state index >= 15 is 0 Å². The van der Waals surface area contributed by atoms with Crippen molar-refractivity contribution < 1.29 is 9.59 Å². The van der Waals surface area contributed by atoms with Crippen LogP contribution < -0.4 is 0 Å². The van der Waals surface area contributed by atoms with Crippen molar-refractivity contribution in [3.63, 3.8) is 0 Å². The molecule has 0 spiro atoms. The monoisotopic (exact) mass is 248 g/mol. The molecule has 0 aromatic carbocycles. The van der Waals surface area contributed by atoms with Gasteiger partial charge in [0.15, 0.2) is 0 Å². The third-order valence-corrected chi connectivity index (χ3v) is 3.97. The van der Waals surface area contributed by atoms with Gasteiger partial charge in [-0.3, -0.25) is 14.3 Å². The van der Waals surface area contributed by atoms with Crippen LogP contribution in [0.2, 0.25) is 0 Å². The van der Waals surface area contributed by atoms with Crippen molar-refractivity contribution in [1.29, 1.82) is 0 Å². The number of carbonyl (C=O) groups excluding carboxylic acids is 2. The Morgan fingerprint density at radius 3 is 2.72 bits per heavy atom. The third-order valence-electron chi connectivity index (χ3n) is 3.97. The number of aromatic nitrogens is 2. The molecular weight excluding hydrogens is 232 g/mol. The van der Waals surface area contributed by atoms with Crippen LogP contribution in [-0.4, -0.2) is 58.1 Å². The zero-order valence-corrected chi connectivity index (χ0v) is 10.5. The molecule has 0 bridgehead atoms. The molecule has 2 fully saturated rings. The summed E-state index contributed by atoms with van der Waals surface area (Å²) in [5, 5.41) is 4.00. The van der Waals surface area contributed by atoms with Gasteiger partial charge in [0.2, 0.25) is 5.91 Å². The van der Waals surface area contributed by atoms with Gasteiger partial charge in [-0.25, -0.2) is 0 Å². The highest BCUT2D eigenvalue weighted by molar-refractivity contribution is 5.93. The first-order chi connectivity index (χ1) is 8.58. The first kappa shape index (κ1) is 11.3. The van der Waals surface area contributed by atoms with Crippen LogP contribution in [0, 0.1) is 11.8 Å². The normalized spacial score (nSPS) is 26.9. The molecule has 6 nitrogen and oxygen atoms in total. The van der Waals surface area contributed by atoms with Gasteiger partial charge in [-0.2, -0.15) is 5.10 Å². The van der Waals surface area contributed by atoms with Crippen LogP contribution in [0.25, 0.3) is 0 Å². The predicted molar refractivity (Wildman–Crippen MR) is 63.7 cm³/mol. The summed E-state index contributed by atoms with van der Waals surface area (Å²) < 4.78 is 1.57. The van der Waals surface area contributed by atoms with Crippen molar-refractivity contribution >= 4 is 11.8 Å². The summed E-state index contributed by atoms with van der Waals surface area (Å²) in [5.41, 5.74) is 0.579. The summed E-state index contributed by atoms with van der Waals surface area (Å²) in [5.74, 6) is 0.423. The highest BCUT2D eigenvalue weighted by Crippen LogP contribution is 2.31. The van der Waals surface area contributed by atoms with Gasteiger partial charge in [0.25, 0.3) is 5.91 Å². The Kier molecular flexibility index (Phi) is 2.39. The number of nitrogens with zero attached hydrogens (tertiary/aromatic N) is 4. The van der Waals surface area contributed by atoms with E-state index in [0.717, 1.165) is 6.54 Å². The number of rotatable bonds is 1. The average Bonchev–Trinajstić information content (AvgIpc) is 2.98. The lowest BCUT2D eigenvalue weighted by atomic mass is 10.0. The fourth-order valence-corrected chi connectivity index (χ4v) is 2.97. The van der Waals surface area contributed by atoms with Gasteiger partial charge >= 0.3 is 0 Å². The minimum absolute atomic E-state index is 0.00724. The molecule has 1 aromatic rings. The summed E-state index contributed by atoms with van der Waals surface area (Å²) >= 11 is 0. The second-order valence-electron chi connectivity index (χ2n) is 5.14. The lowest BCUT2D eigenvalue weighted by Gasteiger charge is -2.19. The molecule has 2 atom stereocenters. The largest absolute Gasteiger partial charge is 0.345 e. The summed E-state index contributed by atoms with van der Waals surface area (Å²) in [7, 11) is 3.58. The van der Waals surface area contributed by atoms with Crippen LogP contribution in [0.4, 0.5) is 0 Å². The Morgan fingerprint density at radius 2 is 2.11 bits per heavy atom. The van der Waals surface area contributed by atoms with E-state index in [-0.39, 0.29) is 17.7 Å². The molecule has 0 saturated carbocycles. The van der Waals surface area contributed by atoms with Gasteiger partial charge in [0, 0.05) is 45.8 Å². The van der Waals surface area contributed by atoms with Crippen LogP contribution in [-0.2, 0) is 11.8 Å². The summed E-state index contributed by atoms with van der Waals surface area (Å²) in [6, 6.07) is 1.71. The molecular formula is C12H16N4O2. The van der Waals surface area contributed by atoms with E-state index in [1.165, 1.54) is 0 Å². The number of amides is 2. The predicted octanol–water partition coefficient (Wildman–Crippen LogP) is -0.420. The molecule has 0 aliphatic carbocycles. The number of aryl methyl sites for hydroxylation is 1. The van der Waals surface area contributed by atoms with E-state index in [1.807, 2.05) is 7.05 Å². The van der Waals surface area contributed by atoms with Crippen molar-refractivity contribution in [2.75, 3.05) is 26.7 Å². The Morgan fingerprint density at radius 1 is 1.33 bits per heavy atom. The van der Waals surface area contributed by atoms with Crippen molar-refractivity contribution in [2.24, 2.45) is 18.9 Å². The number of carbonyl (C=O) groups is 2. The fourth-order valence-electron chi connectivity index (χ4n) is 2.97. The fraction of sp³-hybridized carbons (Fsp3) is 0.583. The highest BCUT2D eigenvalue weighted by atomic mass is 16.2. The Hall–Kier alpha value is -1.85. The maximum absolute atomic E-state index is 12.3. The number of likely N-dealkylation sites (tertiary alicyclic amines) is 2. The average molecular weight is 248 g/mol. The lowest BCUT2D eigenvalue weighted by Crippen LogP contribution is -2.35. The molecule has 96 valence electrons. The summed E-state index contributed by atoms with van der Waals surface area (Å²) in [6.07, 6.45) is 1.61. The van der Waals surface area contributed by atoms with E-state index in [0.29, 0.717) is 24.7 Å². The number of hydrogen-bond acceptors (Lipinski definition) is 3. The van der Waals surface area contributed by atoms with Crippen LogP contribution in [0.1, 0.15) is 10.5 Å². The Balaban J connectivity index is 1.76. The van der Waals surface area contributed by atoms with E-state index in [9.17, 15) is 9.59 Å². The van der Waals surface area contributed by atoms with Crippen molar-refractivity contribution in [2.45, 2.75) is 0 Å². The van der Waals surface area contributed by atoms with Gasteiger partial charge in [-0.15, -0.1) is 0 Å². The molecule has 0 N–H and O–H groups in total. The first-order valence-electron chi connectivity index (χ1n) is 6.10. The van der Waals surface area contributed by atoms with Crippen LogP contribution >= 0.6 is 0 Å². The van der Waals surface area contributed by atoms with Crippen LogP contribution in [0.3, 0.4) is 0 Å². The number of fused-ring (bicyclic) bond motifs is 1. The smallest absolute Gasteiger partial charge is 0.272 e. The van der Waals surface area contributed by atoms with Gasteiger partial charge in [0.1, 0.15) is 5.69 Å². The number of hydrogen-bond donors (Lipinski definition) is 0. The maximum Gasteiger partial charge on any atom is 0.272 e. The van der Waals surface area contributed by atoms with Crippen LogP contribution in [0.5, 0.6) is 0 Å². The summed E-state index contributed by atoms with van der Waals surface area (Å²) in [4.78, 5) is 27.7. The van der Waals surface area contributed by atoms with Crippen molar-refractivity contribution in [3.8, 4) is 0 Å². The van der Waals surface area contributed by atoms with Gasteiger partial charge in [0.05, 0.1) is 5.92 Å². The third kappa shape index (κ3) is 1.52. The topological polar surface area (TPSA) is 58.4 Å². The lowest BCUT2D eigenvalue weighted by molar-refractivity contribution is -0.129. The van der Waals surface area contributed by atoms with E-state index in [1.54, 1.807) is 33.8 Å². The molecule has 1 aromatic heterocycles. The summed E-state index contributed by atoms with van der Waals surface area (Å²) in [6.45, 7) is 1.97. The molecule has 18 heavy (non-hydrogen) atoms. The van der Waals surface area contributed by atoms with Gasteiger partial charge < -0.3 is 9.80 Å². The molecule has 2 aliphatic heterocycles. The van der Waals surface area contributed by atoms with Crippen molar-refractivity contribution in [3.05, 3.63) is 18.0 Å². The Labute approximate surface area is 105 Å². The maximum atomic E-state index is 12.3. The van der Waals surface area contributed by atoms with Crippen molar-refractivity contribution in [1.82, 2.24) is 19.6 Å². The molecule has 3 heterocycles. The van der Waals surface area contributed by atoms with Gasteiger partial charge in [-0.1, -0.05) is 0 Å². The first-order valence-corrected chi connectivity index (χ1v) is 6.10. The quantitative estimate of drug-likeness (QED) is 0.678. The van der Waals surface area contributed by atoms with Crippen LogP contribution in [0.15, 0.2) is 12.3 Å². The molecule has 0 unspecified atom stereocenters. The van der Waals surface area contributed by atoms with E-state index in [4.69, 9.17) is 0 Å². The highest BCUT2D eigenvalue weighted by Gasteiger charge is 2.46. The SMILES string of the molecule is CN1C[C@@H]2CN(C(=O)c3ccnn3C)C[C@@H]2C1=O. The van der Waals surface area contributed by atoms with Gasteiger partial charge in [-0.05, 0) is 6.07 Å². The van der Waals surface area contributed by atoms with E-state index < -0.39 is 0 Å². The molecule has 2 amide bonds.